The summed E-state index contributed by atoms with van der Waals surface area (Å²) in [5.74, 6) is 0. The predicted molar refractivity (Wildman–Crippen MR) is 88.3 cm³/mol. The second-order valence-electron chi connectivity index (χ2n) is 5.12. The first-order valence-corrected chi connectivity index (χ1v) is 7.23. The van der Waals surface area contributed by atoms with Crippen molar-refractivity contribution in [3.05, 3.63) is 91.6 Å². The van der Waals surface area contributed by atoms with Gasteiger partial charge in [-0.15, -0.1) is 0 Å². The van der Waals surface area contributed by atoms with Gasteiger partial charge in [0.05, 0.1) is 12.0 Å². The van der Waals surface area contributed by atoms with Crippen LogP contribution in [0.3, 0.4) is 0 Å². The van der Waals surface area contributed by atoms with E-state index in [0.717, 1.165) is 11.4 Å². The average Bonchev–Trinajstić information content (AvgIpc) is 3.27. The molecule has 0 atom stereocenters. The van der Waals surface area contributed by atoms with Gasteiger partial charge in [0.15, 0.2) is 0 Å². The lowest BCUT2D eigenvalue weighted by atomic mass is 10.1. The Morgan fingerprint density at radius 2 is 1.59 bits per heavy atom. The molecule has 3 nitrogen and oxygen atoms in total. The van der Waals surface area contributed by atoms with Crippen molar-refractivity contribution < 1.29 is 0 Å². The van der Waals surface area contributed by atoms with Crippen molar-refractivity contribution in [2.75, 3.05) is 0 Å². The Kier molecular flexibility index (Phi) is 3.09. The predicted octanol–water partition coefficient (Wildman–Crippen LogP) is 4.33. The Hall–Kier alpha value is -3.07. The van der Waals surface area contributed by atoms with E-state index >= 15 is 0 Å². The number of hydrogen-bond donors (Lipinski definition) is 0. The molecule has 4 aromatic rings. The van der Waals surface area contributed by atoms with Crippen LogP contribution in [-0.2, 0) is 0 Å². The van der Waals surface area contributed by atoms with Crippen LogP contribution in [0.15, 0.2) is 91.6 Å². The molecule has 0 bridgehead atoms. The van der Waals surface area contributed by atoms with Crippen LogP contribution in [0.25, 0.3) is 22.6 Å². The van der Waals surface area contributed by atoms with Gasteiger partial charge in [0.1, 0.15) is 0 Å². The molecule has 0 aliphatic heterocycles. The molecule has 106 valence electrons. The van der Waals surface area contributed by atoms with Gasteiger partial charge in [0.2, 0.25) is 0 Å². The largest absolute Gasteiger partial charge is 0.317 e. The third kappa shape index (κ3) is 2.23. The van der Waals surface area contributed by atoms with Gasteiger partial charge >= 0.3 is 0 Å². The minimum atomic E-state index is 1.11. The fraction of sp³-hybridized carbons (Fsp3) is 0. The van der Waals surface area contributed by atoms with Crippen molar-refractivity contribution in [3.8, 4) is 22.6 Å². The van der Waals surface area contributed by atoms with Crippen LogP contribution >= 0.6 is 0 Å². The molecule has 2 heterocycles. The van der Waals surface area contributed by atoms with Crippen molar-refractivity contribution in [2.24, 2.45) is 0 Å². The summed E-state index contributed by atoms with van der Waals surface area (Å²) in [5.41, 5.74) is 4.62. The van der Waals surface area contributed by atoms with Crippen molar-refractivity contribution in [2.45, 2.75) is 0 Å². The van der Waals surface area contributed by atoms with E-state index in [1.165, 1.54) is 11.3 Å². The summed E-state index contributed by atoms with van der Waals surface area (Å²) in [6.45, 7) is 0. The van der Waals surface area contributed by atoms with Crippen molar-refractivity contribution in [1.29, 1.82) is 0 Å². The van der Waals surface area contributed by atoms with Gasteiger partial charge < -0.3 is 9.13 Å². The molecule has 4 rings (SSSR count). The van der Waals surface area contributed by atoms with Gasteiger partial charge in [0.25, 0.3) is 0 Å². The van der Waals surface area contributed by atoms with Gasteiger partial charge in [-0.3, -0.25) is 0 Å². The van der Waals surface area contributed by atoms with Crippen LogP contribution in [0.5, 0.6) is 0 Å². The smallest absolute Gasteiger partial charge is 0.0991 e. The summed E-state index contributed by atoms with van der Waals surface area (Å²) in [5, 5.41) is 0. The van der Waals surface area contributed by atoms with Crippen LogP contribution in [0.4, 0.5) is 0 Å². The molecule has 0 spiro atoms. The normalized spacial score (nSPS) is 10.7. The van der Waals surface area contributed by atoms with Crippen LogP contribution in [0, 0.1) is 0 Å². The minimum absolute atomic E-state index is 1.11. The topological polar surface area (TPSA) is 22.8 Å². The Balaban J connectivity index is 1.81. The fourth-order valence-electron chi connectivity index (χ4n) is 2.67. The summed E-state index contributed by atoms with van der Waals surface area (Å²) in [6.07, 6.45) is 7.65. The molecular weight excluding hydrogens is 270 g/mol. The molecule has 0 saturated carbocycles. The number of imidazole rings is 1. The molecule has 0 unspecified atom stereocenters. The summed E-state index contributed by atoms with van der Waals surface area (Å²) < 4.78 is 4.21. The van der Waals surface area contributed by atoms with E-state index in [4.69, 9.17) is 0 Å². The van der Waals surface area contributed by atoms with Gasteiger partial charge in [-0.1, -0.05) is 30.3 Å². The number of aromatic nitrogens is 3. The van der Waals surface area contributed by atoms with Crippen LogP contribution in [0.2, 0.25) is 0 Å². The Labute approximate surface area is 129 Å². The van der Waals surface area contributed by atoms with Gasteiger partial charge in [-0.25, -0.2) is 4.98 Å². The third-order valence-electron chi connectivity index (χ3n) is 3.73. The molecule has 0 radical (unpaired) electrons. The first-order chi connectivity index (χ1) is 10.9. The molecule has 2 aromatic heterocycles. The highest BCUT2D eigenvalue weighted by atomic mass is 15.0. The maximum Gasteiger partial charge on any atom is 0.0991 e. The van der Waals surface area contributed by atoms with Crippen molar-refractivity contribution >= 4 is 0 Å². The molecule has 0 saturated heterocycles. The molecular formula is C19H15N3. The molecule has 0 fully saturated rings. The highest BCUT2D eigenvalue weighted by Gasteiger charge is 2.06. The number of rotatable bonds is 3. The lowest BCUT2D eigenvalue weighted by molar-refractivity contribution is 1.05. The first-order valence-electron chi connectivity index (χ1n) is 7.23. The van der Waals surface area contributed by atoms with Crippen LogP contribution < -0.4 is 0 Å². The lowest BCUT2D eigenvalue weighted by Crippen LogP contribution is -1.96. The van der Waals surface area contributed by atoms with E-state index in [1.807, 2.05) is 23.2 Å². The Morgan fingerprint density at radius 3 is 2.41 bits per heavy atom. The Bertz CT molecular complexity index is 874. The molecule has 0 amide bonds. The molecule has 0 aliphatic carbocycles. The lowest BCUT2D eigenvalue weighted by Gasteiger charge is -2.11. The number of para-hydroxylation sites is 1. The van der Waals surface area contributed by atoms with Crippen molar-refractivity contribution in [3.63, 3.8) is 0 Å². The van der Waals surface area contributed by atoms with E-state index < -0.39 is 0 Å². The average molecular weight is 285 g/mol. The zero-order valence-electron chi connectivity index (χ0n) is 12.0. The standard InChI is InChI=1S/C19H15N3/c1-2-7-17(8-3-1)22-12-5-10-19(22)16-6-4-9-18(14-16)21-13-11-20-15-21/h1-15H. The van der Waals surface area contributed by atoms with E-state index in [1.54, 1.807) is 6.20 Å². The maximum atomic E-state index is 4.11. The number of nitrogens with zero attached hydrogens (tertiary/aromatic N) is 3. The van der Waals surface area contributed by atoms with Crippen LogP contribution in [0.1, 0.15) is 0 Å². The van der Waals surface area contributed by atoms with Crippen molar-refractivity contribution in [1.82, 2.24) is 14.1 Å². The van der Waals surface area contributed by atoms with E-state index in [9.17, 15) is 0 Å². The van der Waals surface area contributed by atoms with Crippen LogP contribution in [-0.4, -0.2) is 14.1 Å². The highest BCUT2D eigenvalue weighted by molar-refractivity contribution is 5.65. The second-order valence-corrected chi connectivity index (χ2v) is 5.12. The second kappa shape index (κ2) is 5.37. The zero-order chi connectivity index (χ0) is 14.8. The number of hydrogen-bond acceptors (Lipinski definition) is 1. The quantitative estimate of drug-likeness (QED) is 0.549. The third-order valence-corrected chi connectivity index (χ3v) is 3.73. The minimum Gasteiger partial charge on any atom is -0.317 e. The molecule has 3 heteroatoms. The summed E-state index contributed by atoms with van der Waals surface area (Å²) in [4.78, 5) is 4.11. The maximum absolute atomic E-state index is 4.11. The number of benzene rings is 2. The fourth-order valence-corrected chi connectivity index (χ4v) is 2.67. The van der Waals surface area contributed by atoms with E-state index in [2.05, 4.69) is 76.4 Å². The van der Waals surface area contributed by atoms with E-state index in [-0.39, 0.29) is 0 Å². The molecule has 22 heavy (non-hydrogen) atoms. The zero-order valence-corrected chi connectivity index (χ0v) is 12.0. The first kappa shape index (κ1) is 12.7. The van der Waals surface area contributed by atoms with Gasteiger partial charge in [0, 0.05) is 35.5 Å². The summed E-state index contributed by atoms with van der Waals surface area (Å²) >= 11 is 0. The Morgan fingerprint density at radius 1 is 0.727 bits per heavy atom. The monoisotopic (exact) mass is 285 g/mol. The van der Waals surface area contributed by atoms with E-state index in [0.29, 0.717) is 0 Å². The van der Waals surface area contributed by atoms with Gasteiger partial charge in [-0.05, 0) is 36.4 Å². The SMILES string of the molecule is c1ccc(-n2cccc2-c2cccc(-n3ccnc3)c2)cc1. The molecule has 0 aliphatic rings. The summed E-state index contributed by atoms with van der Waals surface area (Å²) in [6, 6.07) is 23.1. The molecule has 0 N–H and O–H groups in total. The molecule has 2 aromatic carbocycles. The highest BCUT2D eigenvalue weighted by Crippen LogP contribution is 2.25. The summed E-state index contributed by atoms with van der Waals surface area (Å²) in [7, 11) is 0. The van der Waals surface area contributed by atoms with Gasteiger partial charge in [-0.2, -0.15) is 0 Å².